The predicted octanol–water partition coefficient (Wildman–Crippen LogP) is 7.40. The second-order valence-corrected chi connectivity index (χ2v) is 15.8. The molecule has 1 saturated heterocycles. The summed E-state index contributed by atoms with van der Waals surface area (Å²) >= 11 is 5.81. The molecule has 2 aromatic heterocycles. The second kappa shape index (κ2) is 19.3. The van der Waals surface area contributed by atoms with E-state index in [1.165, 1.54) is 0 Å². The van der Waals surface area contributed by atoms with Crippen LogP contribution < -0.4 is 10.2 Å². The van der Waals surface area contributed by atoms with Gasteiger partial charge in [0, 0.05) is 25.6 Å². The Balaban J connectivity index is 1.44. The van der Waals surface area contributed by atoms with E-state index in [-0.39, 0.29) is 37.6 Å². The number of carbonyl (C=O) groups is 1. The monoisotopic (exact) mass is 813 g/mol. The van der Waals surface area contributed by atoms with Crippen molar-refractivity contribution in [1.82, 2.24) is 23.8 Å². The summed E-state index contributed by atoms with van der Waals surface area (Å²) in [6, 6.07) is 30.5. The van der Waals surface area contributed by atoms with Gasteiger partial charge in [-0.1, -0.05) is 72.8 Å². The Kier molecular flexibility index (Phi) is 14.2. The van der Waals surface area contributed by atoms with Crippen LogP contribution in [0.1, 0.15) is 63.5 Å². The number of rotatable bonds is 17. The number of halogens is 1. The Morgan fingerprint density at radius 3 is 2.21 bits per heavy atom. The summed E-state index contributed by atoms with van der Waals surface area (Å²) in [5.74, 6) is -0.0186. The summed E-state index contributed by atoms with van der Waals surface area (Å²) < 4.78 is 38.8. The van der Waals surface area contributed by atoms with Crippen LogP contribution in [-0.2, 0) is 36.0 Å². The maximum absolute atomic E-state index is 12.3. The highest BCUT2D eigenvalue weighted by molar-refractivity contribution is 7.44. The molecule has 3 heterocycles. The largest absolute Gasteiger partial charge is 0.497 e. The third-order valence-corrected chi connectivity index (χ3v) is 12.1. The van der Waals surface area contributed by atoms with Crippen molar-refractivity contribution in [1.29, 1.82) is 5.26 Å². The fraction of sp³-hybridized carbons (Fsp3) is 0.405. The molecule has 15 heteroatoms. The SMILES string of the molecule is COc1ccc(C(OC[C@H]2O[C@@H](n3cnc4c(=NC(=O)CCl)n(C)cnc43)C[C@@H]2OP(OCCC#N)N(C(C)C)C(C)C)(c2ccccc2)c2ccccc2)cc1. The van der Waals surface area contributed by atoms with Gasteiger partial charge in [0.2, 0.25) is 0 Å². The first-order valence-electron chi connectivity index (χ1n) is 18.9. The van der Waals surface area contributed by atoms with E-state index in [9.17, 15) is 10.1 Å². The normalized spacial score (nSPS) is 18.1. The highest BCUT2D eigenvalue weighted by atomic mass is 35.5. The van der Waals surface area contributed by atoms with Crippen LogP contribution in [0.5, 0.6) is 5.75 Å². The molecule has 300 valence electrons. The van der Waals surface area contributed by atoms with E-state index in [1.54, 1.807) is 31.4 Å². The van der Waals surface area contributed by atoms with E-state index < -0.39 is 38.5 Å². The molecule has 6 rings (SSSR count). The van der Waals surface area contributed by atoms with E-state index in [0.717, 1.165) is 22.4 Å². The maximum Gasteiger partial charge on any atom is 0.262 e. The average molecular weight is 814 g/mol. The Labute approximate surface area is 339 Å². The zero-order valence-electron chi connectivity index (χ0n) is 33.1. The van der Waals surface area contributed by atoms with Crippen LogP contribution in [-0.4, -0.2) is 80.2 Å². The molecular weight excluding hydrogens is 765 g/mol. The van der Waals surface area contributed by atoms with Gasteiger partial charge in [0.25, 0.3) is 14.4 Å². The maximum atomic E-state index is 12.3. The van der Waals surface area contributed by atoms with Crippen LogP contribution in [0.15, 0.2) is 103 Å². The second-order valence-electron chi connectivity index (χ2n) is 14.2. The molecule has 0 bridgehead atoms. The van der Waals surface area contributed by atoms with E-state index in [0.29, 0.717) is 23.1 Å². The van der Waals surface area contributed by atoms with Crippen molar-refractivity contribution in [2.75, 3.05) is 26.2 Å². The van der Waals surface area contributed by atoms with Crippen LogP contribution in [0, 0.1) is 11.3 Å². The number of hydrogen-bond donors (Lipinski definition) is 0. The number of benzene rings is 3. The number of alkyl halides is 1. The molecule has 3 aromatic carbocycles. The number of amides is 1. The number of imidazole rings is 1. The summed E-state index contributed by atoms with van der Waals surface area (Å²) in [7, 11) is 1.75. The summed E-state index contributed by atoms with van der Waals surface area (Å²) in [6.45, 7) is 8.74. The standard InChI is InChI=1S/C42H49ClN7O6P/c1-29(2)50(30(3)4)57(54-23-13-22-44)56-35-24-38(49-28-45-39-40(49)46-27-48(5)41(39)47-37(51)25-43)55-36(35)26-53-42(31-14-9-7-10-15-31,32-16-11-8-12-17-32)33-18-20-34(52-6)21-19-33/h7-12,14-21,27-30,35-36,38H,13,23-26H2,1-6H3/t35-,36+,38+,57?/m0/s1. The molecule has 4 atom stereocenters. The van der Waals surface area contributed by atoms with Gasteiger partial charge in [0.1, 0.15) is 29.6 Å². The number of ether oxygens (including phenoxy) is 3. The van der Waals surface area contributed by atoms with Crippen molar-refractivity contribution in [3.8, 4) is 11.8 Å². The van der Waals surface area contributed by atoms with Gasteiger partial charge in [-0.3, -0.25) is 9.36 Å². The number of aromatic nitrogens is 4. The first-order valence-corrected chi connectivity index (χ1v) is 20.6. The first kappa shape index (κ1) is 42.1. The Morgan fingerprint density at radius 1 is 1.00 bits per heavy atom. The minimum atomic E-state index is -1.64. The Hall–Kier alpha value is -4.51. The lowest BCUT2D eigenvalue weighted by Gasteiger charge is -2.39. The Bertz CT molecular complexity index is 2150. The van der Waals surface area contributed by atoms with Gasteiger partial charge in [-0.05, 0) is 56.5 Å². The quantitative estimate of drug-likeness (QED) is 0.0404. The van der Waals surface area contributed by atoms with Gasteiger partial charge < -0.3 is 27.8 Å². The van der Waals surface area contributed by atoms with Gasteiger partial charge in [0.15, 0.2) is 16.7 Å². The zero-order chi connectivity index (χ0) is 40.5. The first-order chi connectivity index (χ1) is 27.6. The molecule has 1 amide bonds. The number of nitrogens with zero attached hydrogens (tertiary/aromatic N) is 7. The van der Waals surface area contributed by atoms with Crippen LogP contribution in [0.25, 0.3) is 11.2 Å². The number of fused-ring (bicyclic) bond motifs is 1. The molecule has 0 spiro atoms. The number of hydrogen-bond acceptors (Lipinski definition) is 10. The molecular formula is C42H49ClN7O6P. The van der Waals surface area contributed by atoms with Crippen LogP contribution >= 0.6 is 20.1 Å². The summed E-state index contributed by atoms with van der Waals surface area (Å²) in [6.07, 6.45) is 2.13. The van der Waals surface area contributed by atoms with E-state index >= 15 is 0 Å². The van der Waals surface area contributed by atoms with Crippen molar-refractivity contribution in [3.63, 3.8) is 0 Å². The third-order valence-electron chi connectivity index (χ3n) is 9.71. The fourth-order valence-electron chi connectivity index (χ4n) is 7.16. The van der Waals surface area contributed by atoms with Crippen molar-refractivity contribution < 1.29 is 28.1 Å². The summed E-state index contributed by atoms with van der Waals surface area (Å²) in [4.78, 5) is 25.8. The lowest BCUT2D eigenvalue weighted by molar-refractivity contribution is -0.115. The lowest BCUT2D eigenvalue weighted by Crippen LogP contribution is -2.39. The van der Waals surface area contributed by atoms with Gasteiger partial charge in [0.05, 0.1) is 51.6 Å². The van der Waals surface area contributed by atoms with Crippen LogP contribution in [0.3, 0.4) is 0 Å². The molecule has 0 N–H and O–H groups in total. The lowest BCUT2D eigenvalue weighted by atomic mass is 9.80. The van der Waals surface area contributed by atoms with Crippen molar-refractivity contribution >= 4 is 37.2 Å². The number of carbonyl (C=O) groups excluding carboxylic acids is 1. The van der Waals surface area contributed by atoms with Crippen molar-refractivity contribution in [2.24, 2.45) is 12.0 Å². The minimum Gasteiger partial charge on any atom is -0.497 e. The van der Waals surface area contributed by atoms with Gasteiger partial charge in [-0.2, -0.15) is 10.3 Å². The molecule has 1 fully saturated rings. The predicted molar refractivity (Wildman–Crippen MR) is 218 cm³/mol. The van der Waals surface area contributed by atoms with Crippen molar-refractivity contribution in [3.05, 3.63) is 120 Å². The number of nitriles is 1. The summed E-state index contributed by atoms with van der Waals surface area (Å²) in [5.41, 5.74) is 2.96. The highest BCUT2D eigenvalue weighted by Gasteiger charge is 2.45. The van der Waals surface area contributed by atoms with Gasteiger partial charge in [-0.25, -0.2) is 14.6 Å². The molecule has 57 heavy (non-hydrogen) atoms. The molecule has 1 unspecified atom stereocenters. The molecule has 0 saturated carbocycles. The smallest absolute Gasteiger partial charge is 0.262 e. The van der Waals surface area contributed by atoms with E-state index in [1.807, 2.05) is 65.2 Å². The molecule has 1 aliphatic rings. The van der Waals surface area contributed by atoms with Crippen LogP contribution in [0.2, 0.25) is 0 Å². The number of aryl methyl sites for hydroxylation is 1. The molecule has 0 radical (unpaired) electrons. The molecule has 13 nitrogen and oxygen atoms in total. The fourth-order valence-corrected chi connectivity index (χ4v) is 8.98. The van der Waals surface area contributed by atoms with Crippen molar-refractivity contribution in [2.45, 2.75) is 76.7 Å². The molecule has 5 aromatic rings. The topological polar surface area (TPSA) is 138 Å². The van der Waals surface area contributed by atoms with E-state index in [4.69, 9.17) is 34.9 Å². The van der Waals surface area contributed by atoms with Gasteiger partial charge >= 0.3 is 0 Å². The summed E-state index contributed by atoms with van der Waals surface area (Å²) in [5, 5.41) is 9.38. The Morgan fingerprint density at radius 2 is 1.63 bits per heavy atom. The van der Waals surface area contributed by atoms with E-state index in [2.05, 4.69) is 77.7 Å². The van der Waals surface area contributed by atoms with Gasteiger partial charge in [-0.15, -0.1) is 11.6 Å². The van der Waals surface area contributed by atoms with Crippen LogP contribution in [0.4, 0.5) is 0 Å². The zero-order valence-corrected chi connectivity index (χ0v) is 34.7. The third kappa shape index (κ3) is 9.29. The molecule has 0 aliphatic carbocycles. The highest BCUT2D eigenvalue weighted by Crippen LogP contribution is 2.51. The minimum absolute atomic E-state index is 0.0882. The molecule has 1 aliphatic heterocycles. The average Bonchev–Trinajstić information content (AvgIpc) is 3.84. The number of methoxy groups -OCH3 is 1.